The van der Waals surface area contributed by atoms with E-state index in [1.807, 2.05) is 25.7 Å². The summed E-state index contributed by atoms with van der Waals surface area (Å²) in [6.07, 6.45) is 0.0964. The van der Waals surface area contributed by atoms with Gasteiger partial charge in [-0.3, -0.25) is 9.67 Å². The molecule has 0 aliphatic carbocycles. The maximum absolute atomic E-state index is 5.68. The third-order valence-electron chi connectivity index (χ3n) is 4.08. The predicted molar refractivity (Wildman–Crippen MR) is 101 cm³/mol. The molecule has 23 heavy (non-hydrogen) atoms. The molecular weight excluding hydrogens is 409 g/mol. The minimum Gasteiger partial charge on any atom is -0.382 e. The Labute approximate surface area is 155 Å². The van der Waals surface area contributed by atoms with Crippen LogP contribution in [-0.2, 0) is 23.1 Å². The first-order valence-corrected chi connectivity index (χ1v) is 7.62. The maximum atomic E-state index is 5.68. The number of nitrogens with one attached hydrogen (secondary N) is 1. The lowest BCUT2D eigenvalue weighted by molar-refractivity contribution is -0.0447. The zero-order valence-electron chi connectivity index (χ0n) is 14.6. The number of methoxy groups -OCH3 is 1. The number of nitrogens with zero attached hydrogens (tertiary/aromatic N) is 4. The van der Waals surface area contributed by atoms with E-state index in [9.17, 15) is 0 Å². The van der Waals surface area contributed by atoms with Crippen molar-refractivity contribution >= 4 is 29.9 Å². The van der Waals surface area contributed by atoms with Crippen molar-refractivity contribution in [3.05, 3.63) is 17.0 Å². The standard InChI is InChI=1S/C15H27N5O2.HI/c1-11-14(12(2)19(4)18-11)8-17-15(16-3)20-6-7-22-13(9-20)10-21-5;/h13H,6-10H2,1-5H3,(H,16,17);1H. The van der Waals surface area contributed by atoms with Crippen LogP contribution in [0.4, 0.5) is 0 Å². The van der Waals surface area contributed by atoms with Crippen LogP contribution in [0.2, 0.25) is 0 Å². The Morgan fingerprint density at radius 2 is 2.22 bits per heavy atom. The monoisotopic (exact) mass is 437 g/mol. The smallest absolute Gasteiger partial charge is 0.194 e. The molecule has 0 spiro atoms. The predicted octanol–water partition coefficient (Wildman–Crippen LogP) is 1.08. The van der Waals surface area contributed by atoms with Gasteiger partial charge in [-0.15, -0.1) is 24.0 Å². The van der Waals surface area contributed by atoms with Gasteiger partial charge in [0.15, 0.2) is 5.96 Å². The van der Waals surface area contributed by atoms with Crippen LogP contribution in [0.15, 0.2) is 4.99 Å². The molecule has 1 atom stereocenters. The van der Waals surface area contributed by atoms with E-state index >= 15 is 0 Å². The van der Waals surface area contributed by atoms with E-state index in [1.54, 1.807) is 7.11 Å². The van der Waals surface area contributed by atoms with Gasteiger partial charge in [0.2, 0.25) is 0 Å². The Balaban J connectivity index is 0.00000264. The SMILES string of the molecule is CN=C(NCc1c(C)nn(C)c1C)N1CCOC(COC)C1.I. The molecule has 2 rings (SSSR count). The van der Waals surface area contributed by atoms with E-state index < -0.39 is 0 Å². The molecule has 1 fully saturated rings. The summed E-state index contributed by atoms with van der Waals surface area (Å²) in [7, 11) is 5.48. The summed E-state index contributed by atoms with van der Waals surface area (Å²) in [4.78, 5) is 6.61. The van der Waals surface area contributed by atoms with E-state index in [-0.39, 0.29) is 30.1 Å². The molecule has 1 aromatic heterocycles. The van der Waals surface area contributed by atoms with Crippen LogP contribution in [0.1, 0.15) is 17.0 Å². The number of rotatable bonds is 4. The van der Waals surface area contributed by atoms with Crippen LogP contribution in [0.25, 0.3) is 0 Å². The van der Waals surface area contributed by atoms with Gasteiger partial charge in [-0.1, -0.05) is 0 Å². The highest BCUT2D eigenvalue weighted by atomic mass is 127. The number of morpholine rings is 1. The van der Waals surface area contributed by atoms with Gasteiger partial charge in [0, 0.05) is 52.1 Å². The quantitative estimate of drug-likeness (QED) is 0.434. The number of hydrogen-bond acceptors (Lipinski definition) is 4. The van der Waals surface area contributed by atoms with E-state index in [1.165, 1.54) is 11.3 Å². The van der Waals surface area contributed by atoms with Gasteiger partial charge in [0.1, 0.15) is 0 Å². The number of aryl methyl sites for hydroxylation is 2. The summed E-state index contributed by atoms with van der Waals surface area (Å²) in [5, 5.41) is 7.89. The zero-order valence-corrected chi connectivity index (χ0v) is 17.0. The molecule has 1 aliphatic rings. The fraction of sp³-hybridized carbons (Fsp3) is 0.733. The molecule has 8 heteroatoms. The second kappa shape index (κ2) is 9.43. The molecule has 0 bridgehead atoms. The highest BCUT2D eigenvalue weighted by Gasteiger charge is 2.23. The molecule has 0 aromatic carbocycles. The summed E-state index contributed by atoms with van der Waals surface area (Å²) in [6, 6.07) is 0. The van der Waals surface area contributed by atoms with E-state index in [2.05, 4.69) is 27.2 Å². The van der Waals surface area contributed by atoms with Gasteiger partial charge in [0.05, 0.1) is 25.0 Å². The number of aromatic nitrogens is 2. The van der Waals surface area contributed by atoms with Crippen molar-refractivity contribution in [2.75, 3.05) is 40.5 Å². The van der Waals surface area contributed by atoms with Crippen molar-refractivity contribution in [3.8, 4) is 0 Å². The number of guanidine groups is 1. The van der Waals surface area contributed by atoms with Gasteiger partial charge >= 0.3 is 0 Å². The summed E-state index contributed by atoms with van der Waals surface area (Å²) in [6.45, 7) is 7.78. The van der Waals surface area contributed by atoms with Crippen LogP contribution in [0.3, 0.4) is 0 Å². The largest absolute Gasteiger partial charge is 0.382 e. The maximum Gasteiger partial charge on any atom is 0.194 e. The number of halogens is 1. The third-order valence-corrected chi connectivity index (χ3v) is 4.08. The molecule has 1 N–H and O–H groups in total. The molecule has 0 amide bonds. The first kappa shape index (κ1) is 20.2. The normalized spacial score (nSPS) is 18.7. The third kappa shape index (κ3) is 5.05. The van der Waals surface area contributed by atoms with Crippen LogP contribution < -0.4 is 5.32 Å². The highest BCUT2D eigenvalue weighted by Crippen LogP contribution is 2.12. The molecule has 1 saturated heterocycles. The lowest BCUT2D eigenvalue weighted by Gasteiger charge is -2.34. The van der Waals surface area contributed by atoms with Crippen molar-refractivity contribution in [1.29, 1.82) is 0 Å². The second-order valence-electron chi connectivity index (χ2n) is 5.57. The summed E-state index contributed by atoms with van der Waals surface area (Å²) >= 11 is 0. The fourth-order valence-electron chi connectivity index (χ4n) is 2.77. The fourth-order valence-corrected chi connectivity index (χ4v) is 2.77. The number of hydrogen-bond donors (Lipinski definition) is 1. The Hall–Kier alpha value is -0.870. The topological polar surface area (TPSA) is 63.9 Å². The van der Waals surface area contributed by atoms with Crippen LogP contribution >= 0.6 is 24.0 Å². The molecule has 1 unspecified atom stereocenters. The van der Waals surface area contributed by atoms with E-state index in [4.69, 9.17) is 9.47 Å². The summed E-state index contributed by atoms with van der Waals surface area (Å²) in [5.74, 6) is 0.895. The van der Waals surface area contributed by atoms with Crippen molar-refractivity contribution in [2.45, 2.75) is 26.5 Å². The molecule has 7 nitrogen and oxygen atoms in total. The summed E-state index contributed by atoms with van der Waals surface area (Å²) in [5.41, 5.74) is 3.47. The molecule has 0 saturated carbocycles. The number of ether oxygens (including phenoxy) is 2. The minimum atomic E-state index is 0. The van der Waals surface area contributed by atoms with Crippen molar-refractivity contribution in [3.63, 3.8) is 0 Å². The van der Waals surface area contributed by atoms with Gasteiger partial charge in [-0.2, -0.15) is 5.10 Å². The first-order valence-electron chi connectivity index (χ1n) is 7.62. The number of aliphatic imine (C=N–C) groups is 1. The first-order chi connectivity index (χ1) is 10.6. The molecular formula is C15H28IN5O2. The van der Waals surface area contributed by atoms with Crippen molar-refractivity contribution in [1.82, 2.24) is 20.0 Å². The Morgan fingerprint density at radius 1 is 1.48 bits per heavy atom. The van der Waals surface area contributed by atoms with Gasteiger partial charge < -0.3 is 19.7 Å². The van der Waals surface area contributed by atoms with Gasteiger partial charge in [0.25, 0.3) is 0 Å². The molecule has 132 valence electrons. The minimum absolute atomic E-state index is 0. The Bertz CT molecular complexity index is 530. The zero-order chi connectivity index (χ0) is 16.1. The van der Waals surface area contributed by atoms with Gasteiger partial charge in [-0.25, -0.2) is 0 Å². The molecule has 1 aliphatic heterocycles. The molecule has 0 radical (unpaired) electrons. The van der Waals surface area contributed by atoms with E-state index in [0.29, 0.717) is 13.2 Å². The lowest BCUT2D eigenvalue weighted by atomic mass is 10.2. The van der Waals surface area contributed by atoms with Crippen LogP contribution in [-0.4, -0.2) is 67.2 Å². The lowest BCUT2D eigenvalue weighted by Crippen LogP contribution is -2.51. The molecule has 2 heterocycles. The average molecular weight is 437 g/mol. The Kier molecular flexibility index (Phi) is 8.27. The second-order valence-corrected chi connectivity index (χ2v) is 5.57. The van der Waals surface area contributed by atoms with Gasteiger partial charge in [-0.05, 0) is 13.8 Å². The molecule has 1 aromatic rings. The highest BCUT2D eigenvalue weighted by molar-refractivity contribution is 14.0. The van der Waals surface area contributed by atoms with Crippen molar-refractivity contribution in [2.24, 2.45) is 12.0 Å². The van der Waals surface area contributed by atoms with Crippen LogP contribution in [0.5, 0.6) is 0 Å². The van der Waals surface area contributed by atoms with Crippen LogP contribution in [0, 0.1) is 13.8 Å². The Morgan fingerprint density at radius 3 is 2.78 bits per heavy atom. The van der Waals surface area contributed by atoms with Crippen molar-refractivity contribution < 1.29 is 9.47 Å². The van der Waals surface area contributed by atoms with E-state index in [0.717, 1.165) is 31.3 Å². The average Bonchev–Trinajstić information content (AvgIpc) is 2.74. The summed E-state index contributed by atoms with van der Waals surface area (Å²) < 4.78 is 12.8.